The summed E-state index contributed by atoms with van der Waals surface area (Å²) in [5.74, 6) is 0.610. The van der Waals surface area contributed by atoms with Gasteiger partial charge in [0.15, 0.2) is 0 Å². The lowest BCUT2D eigenvalue weighted by Gasteiger charge is -2.12. The highest BCUT2D eigenvalue weighted by Crippen LogP contribution is 2.41. The molecular weight excluding hydrogens is 611 g/mol. The van der Waals surface area contributed by atoms with Crippen molar-refractivity contribution in [1.29, 1.82) is 0 Å². The third-order valence-corrected chi connectivity index (χ3v) is 9.65. The molecule has 0 aliphatic carbocycles. The van der Waals surface area contributed by atoms with Crippen LogP contribution in [0.4, 0.5) is 0 Å². The summed E-state index contributed by atoms with van der Waals surface area (Å²) in [6, 6.07) is 57.5. The van der Waals surface area contributed by atoms with Crippen LogP contribution in [-0.4, -0.2) is 24.1 Å². The lowest BCUT2D eigenvalue weighted by molar-refractivity contribution is 0.993. The van der Waals surface area contributed by atoms with E-state index in [0.717, 1.165) is 55.6 Å². The number of aromatic nitrogens is 5. The van der Waals surface area contributed by atoms with Crippen LogP contribution in [0.2, 0.25) is 0 Å². The first-order valence-corrected chi connectivity index (χ1v) is 16.8. The van der Waals surface area contributed by atoms with Gasteiger partial charge in [0, 0.05) is 44.6 Å². The van der Waals surface area contributed by atoms with Gasteiger partial charge in [-0.3, -0.25) is 9.55 Å². The van der Waals surface area contributed by atoms with Gasteiger partial charge in [0.25, 0.3) is 0 Å². The first kappa shape index (κ1) is 28.2. The Hall–Kier alpha value is -6.85. The summed E-state index contributed by atoms with van der Waals surface area (Å²) in [5, 5.41) is 4.70. The molecule has 0 amide bonds. The van der Waals surface area contributed by atoms with Crippen molar-refractivity contribution in [2.45, 2.75) is 0 Å². The molecule has 0 atom stereocenters. The fourth-order valence-electron chi connectivity index (χ4n) is 7.41. The minimum atomic E-state index is 0.610. The number of fused-ring (bicyclic) bond motifs is 6. The van der Waals surface area contributed by atoms with Crippen LogP contribution in [0.1, 0.15) is 0 Å². The van der Waals surface area contributed by atoms with Crippen molar-refractivity contribution in [1.82, 2.24) is 24.1 Å². The minimum absolute atomic E-state index is 0.610. The van der Waals surface area contributed by atoms with Gasteiger partial charge < -0.3 is 4.57 Å². The summed E-state index contributed by atoms with van der Waals surface area (Å²) in [4.78, 5) is 14.9. The normalized spacial score (nSPS) is 11.6. The minimum Gasteiger partial charge on any atom is -0.309 e. The second-order valence-electron chi connectivity index (χ2n) is 12.5. The molecule has 50 heavy (non-hydrogen) atoms. The van der Waals surface area contributed by atoms with Gasteiger partial charge in [0.05, 0.1) is 39.7 Å². The van der Waals surface area contributed by atoms with Crippen molar-refractivity contribution in [2.24, 2.45) is 0 Å². The molecule has 6 aromatic carbocycles. The van der Waals surface area contributed by atoms with Crippen LogP contribution < -0.4 is 0 Å². The number of benzene rings is 6. The lowest BCUT2D eigenvalue weighted by Crippen LogP contribution is -2.04. The zero-order valence-corrected chi connectivity index (χ0v) is 27.0. The molecule has 0 aliphatic rings. The molecule has 234 valence electrons. The first-order chi connectivity index (χ1) is 24.8. The maximum Gasteiger partial charge on any atom is 0.235 e. The Bertz CT molecular complexity index is 2800. The lowest BCUT2D eigenvalue weighted by atomic mass is 9.98. The zero-order valence-electron chi connectivity index (χ0n) is 27.0. The van der Waals surface area contributed by atoms with Crippen LogP contribution >= 0.6 is 0 Å². The quantitative estimate of drug-likeness (QED) is 0.188. The third kappa shape index (κ3) is 4.45. The number of pyridine rings is 1. The summed E-state index contributed by atoms with van der Waals surface area (Å²) in [5.41, 5.74) is 11.7. The smallest absolute Gasteiger partial charge is 0.235 e. The molecule has 0 bridgehead atoms. The highest BCUT2D eigenvalue weighted by Gasteiger charge is 2.20. The van der Waals surface area contributed by atoms with Crippen molar-refractivity contribution < 1.29 is 0 Å². The molecular formula is C45H29N5. The Morgan fingerprint density at radius 2 is 1.04 bits per heavy atom. The maximum absolute atomic E-state index is 5.18. The monoisotopic (exact) mass is 639 g/mol. The van der Waals surface area contributed by atoms with Crippen molar-refractivity contribution >= 4 is 43.6 Å². The van der Waals surface area contributed by atoms with Crippen LogP contribution in [0, 0.1) is 0 Å². The van der Waals surface area contributed by atoms with Gasteiger partial charge in [0.1, 0.15) is 0 Å². The van der Waals surface area contributed by atoms with E-state index in [2.05, 4.69) is 142 Å². The second-order valence-corrected chi connectivity index (χ2v) is 12.5. The molecule has 0 radical (unpaired) electrons. The van der Waals surface area contributed by atoms with E-state index in [0.29, 0.717) is 5.95 Å². The predicted octanol–water partition coefficient (Wildman–Crippen LogP) is 11.1. The van der Waals surface area contributed by atoms with E-state index in [1.165, 1.54) is 27.4 Å². The van der Waals surface area contributed by atoms with Crippen molar-refractivity contribution in [3.63, 3.8) is 0 Å². The van der Waals surface area contributed by atoms with E-state index in [-0.39, 0.29) is 0 Å². The van der Waals surface area contributed by atoms with E-state index < -0.39 is 0 Å². The Kier molecular flexibility index (Phi) is 6.42. The van der Waals surface area contributed by atoms with Crippen LogP contribution in [0.25, 0.3) is 88.9 Å². The molecule has 0 N–H and O–H groups in total. The SMILES string of the molecule is c1ccc(-c2cc(-c3ccccc3)nc(-n3c4ccc(-c5cccc6c5c5ccccc5n6-c5ccccc5)cc4c4ccncc43)n2)cc1. The van der Waals surface area contributed by atoms with Gasteiger partial charge in [-0.1, -0.05) is 115 Å². The van der Waals surface area contributed by atoms with E-state index in [4.69, 9.17) is 9.97 Å². The standard InChI is InChI=1S/C45H29N5/c1-4-13-30(14-5-1)38-28-39(31-15-6-2-7-16-31)48-45(47-38)50-41-24-23-32(27-37(41)35-25-26-46-29-43(35)50)34-20-12-22-42-44(34)36-19-10-11-21-40(36)49(42)33-17-8-3-9-18-33/h1-29H. The van der Waals surface area contributed by atoms with E-state index in [1.807, 2.05) is 48.8 Å². The molecule has 0 unspecified atom stereocenters. The van der Waals surface area contributed by atoms with E-state index >= 15 is 0 Å². The number of hydrogen-bond acceptors (Lipinski definition) is 3. The van der Waals surface area contributed by atoms with Gasteiger partial charge >= 0.3 is 0 Å². The average molecular weight is 640 g/mol. The Morgan fingerprint density at radius 3 is 1.78 bits per heavy atom. The zero-order chi connectivity index (χ0) is 33.0. The van der Waals surface area contributed by atoms with Crippen molar-refractivity contribution in [3.8, 4) is 45.3 Å². The summed E-state index contributed by atoms with van der Waals surface area (Å²) in [6.07, 6.45) is 3.79. The molecule has 5 heteroatoms. The summed E-state index contributed by atoms with van der Waals surface area (Å²) >= 11 is 0. The Morgan fingerprint density at radius 1 is 0.400 bits per heavy atom. The average Bonchev–Trinajstić information content (AvgIpc) is 3.71. The number of nitrogens with zero attached hydrogens (tertiary/aromatic N) is 5. The van der Waals surface area contributed by atoms with Crippen molar-refractivity contribution in [3.05, 3.63) is 176 Å². The Labute approximate surface area is 288 Å². The summed E-state index contributed by atoms with van der Waals surface area (Å²) in [6.45, 7) is 0. The second kappa shape index (κ2) is 11.4. The predicted molar refractivity (Wildman–Crippen MR) is 205 cm³/mol. The number of rotatable bonds is 5. The molecule has 10 rings (SSSR count). The Balaban J connectivity index is 1.22. The molecule has 5 nitrogen and oxygen atoms in total. The van der Waals surface area contributed by atoms with Crippen LogP contribution in [0.15, 0.2) is 176 Å². The topological polar surface area (TPSA) is 48.5 Å². The molecule has 0 saturated carbocycles. The third-order valence-electron chi connectivity index (χ3n) is 9.65. The van der Waals surface area contributed by atoms with Gasteiger partial charge in [-0.2, -0.15) is 0 Å². The van der Waals surface area contributed by atoms with E-state index in [9.17, 15) is 0 Å². The highest BCUT2D eigenvalue weighted by molar-refractivity contribution is 6.17. The molecule has 0 fully saturated rings. The largest absolute Gasteiger partial charge is 0.309 e. The first-order valence-electron chi connectivity index (χ1n) is 16.8. The highest BCUT2D eigenvalue weighted by atomic mass is 15.2. The van der Waals surface area contributed by atoms with E-state index in [1.54, 1.807) is 0 Å². The molecule has 0 spiro atoms. The summed E-state index contributed by atoms with van der Waals surface area (Å²) in [7, 11) is 0. The van der Waals surface area contributed by atoms with Gasteiger partial charge in [-0.15, -0.1) is 0 Å². The van der Waals surface area contributed by atoms with Gasteiger partial charge in [0.2, 0.25) is 5.95 Å². The molecule has 4 heterocycles. The molecule has 0 aliphatic heterocycles. The van der Waals surface area contributed by atoms with Crippen LogP contribution in [0.3, 0.4) is 0 Å². The van der Waals surface area contributed by atoms with Crippen molar-refractivity contribution in [2.75, 3.05) is 0 Å². The molecule has 10 aromatic rings. The summed E-state index contributed by atoms with van der Waals surface area (Å²) < 4.78 is 4.52. The number of para-hydroxylation sites is 2. The fraction of sp³-hybridized carbons (Fsp3) is 0. The maximum atomic E-state index is 5.18. The molecule has 0 saturated heterocycles. The fourth-order valence-corrected chi connectivity index (χ4v) is 7.41. The number of hydrogen-bond donors (Lipinski definition) is 0. The van der Waals surface area contributed by atoms with Crippen LogP contribution in [-0.2, 0) is 0 Å². The van der Waals surface area contributed by atoms with Gasteiger partial charge in [-0.05, 0) is 59.7 Å². The van der Waals surface area contributed by atoms with Crippen LogP contribution in [0.5, 0.6) is 0 Å². The van der Waals surface area contributed by atoms with Gasteiger partial charge in [-0.25, -0.2) is 9.97 Å². The molecule has 4 aromatic heterocycles.